The third-order valence-electron chi connectivity index (χ3n) is 2.99. The van der Waals surface area contributed by atoms with E-state index < -0.39 is 0 Å². The number of nitrogens with zero attached hydrogens (tertiary/aromatic N) is 1. The predicted molar refractivity (Wildman–Crippen MR) is 67.1 cm³/mol. The maximum atomic E-state index is 11.4. The number of morpholine rings is 1. The molecular weight excluding hydrogens is 216 g/mol. The number of nitrogens with two attached hydrogens (primary N) is 1. The number of rotatable bonds is 2. The minimum Gasteiger partial charge on any atom is -0.377 e. The lowest BCUT2D eigenvalue weighted by atomic mass is 10.1. The Hall–Kier alpha value is -1.55. The predicted octanol–water partition coefficient (Wildman–Crippen LogP) is 0.994. The molecule has 1 aromatic carbocycles. The molecule has 0 saturated carbocycles. The van der Waals surface area contributed by atoms with E-state index >= 15 is 0 Å². The van der Waals surface area contributed by atoms with Gasteiger partial charge in [0.25, 0.3) is 0 Å². The Morgan fingerprint density at radius 1 is 1.35 bits per heavy atom. The van der Waals surface area contributed by atoms with Crippen LogP contribution in [0.25, 0.3) is 0 Å². The van der Waals surface area contributed by atoms with Crippen LogP contribution >= 0.6 is 0 Å². The molecule has 1 atom stereocenters. The second-order valence-electron chi connectivity index (χ2n) is 4.53. The third kappa shape index (κ3) is 2.58. The van der Waals surface area contributed by atoms with Gasteiger partial charge in [0, 0.05) is 12.2 Å². The number of carbonyl (C=O) groups is 1. The fraction of sp³-hybridized carbons (Fsp3) is 0.462. The van der Waals surface area contributed by atoms with Crippen molar-refractivity contribution in [2.24, 2.45) is 5.73 Å². The molecule has 17 heavy (non-hydrogen) atoms. The smallest absolute Gasteiger partial charge is 0.242 e. The number of primary amides is 1. The van der Waals surface area contributed by atoms with Gasteiger partial charge in [0.05, 0.1) is 13.2 Å². The highest BCUT2D eigenvalue weighted by Gasteiger charge is 2.27. The van der Waals surface area contributed by atoms with Crippen molar-refractivity contribution in [3.63, 3.8) is 0 Å². The summed E-state index contributed by atoms with van der Waals surface area (Å²) in [5, 5.41) is 0. The second-order valence-corrected chi connectivity index (χ2v) is 4.53. The molecule has 0 aromatic heterocycles. The average molecular weight is 234 g/mol. The number of hydrogen-bond donors (Lipinski definition) is 1. The van der Waals surface area contributed by atoms with Crippen LogP contribution in [0.1, 0.15) is 11.1 Å². The molecule has 4 nitrogen and oxygen atoms in total. The lowest BCUT2D eigenvalue weighted by molar-refractivity contribution is -0.121. The van der Waals surface area contributed by atoms with Gasteiger partial charge in [-0.05, 0) is 37.1 Å². The van der Waals surface area contributed by atoms with E-state index in [1.165, 1.54) is 11.1 Å². The quantitative estimate of drug-likeness (QED) is 0.830. The van der Waals surface area contributed by atoms with Crippen LogP contribution in [0, 0.1) is 13.8 Å². The molecule has 1 aromatic rings. The number of hydrogen-bond acceptors (Lipinski definition) is 3. The standard InChI is InChI=1S/C13H18N2O2/c1-9-5-10(2)7-11(6-9)15-3-4-17-8-12(15)13(14)16/h5-7,12H,3-4,8H2,1-2H3,(H2,14,16). The summed E-state index contributed by atoms with van der Waals surface area (Å²) in [4.78, 5) is 13.4. The Morgan fingerprint density at radius 2 is 2.00 bits per heavy atom. The maximum absolute atomic E-state index is 11.4. The molecule has 0 bridgehead atoms. The van der Waals surface area contributed by atoms with Crippen LogP contribution in [-0.4, -0.2) is 31.7 Å². The molecule has 1 unspecified atom stereocenters. The second kappa shape index (κ2) is 4.75. The van der Waals surface area contributed by atoms with Crippen molar-refractivity contribution in [2.75, 3.05) is 24.7 Å². The van der Waals surface area contributed by atoms with Crippen molar-refractivity contribution in [1.29, 1.82) is 0 Å². The van der Waals surface area contributed by atoms with Crippen LogP contribution in [-0.2, 0) is 9.53 Å². The van der Waals surface area contributed by atoms with Crippen LogP contribution in [0.15, 0.2) is 18.2 Å². The van der Waals surface area contributed by atoms with Gasteiger partial charge in [-0.3, -0.25) is 4.79 Å². The van der Waals surface area contributed by atoms with Crippen molar-refractivity contribution >= 4 is 11.6 Å². The van der Waals surface area contributed by atoms with Gasteiger partial charge in [0.15, 0.2) is 0 Å². The van der Waals surface area contributed by atoms with Gasteiger partial charge in [-0.15, -0.1) is 0 Å². The number of aryl methyl sites for hydroxylation is 2. The van der Waals surface area contributed by atoms with E-state index in [-0.39, 0.29) is 11.9 Å². The molecule has 2 rings (SSSR count). The summed E-state index contributed by atoms with van der Waals surface area (Å²) in [6, 6.07) is 5.91. The van der Waals surface area contributed by atoms with Crippen molar-refractivity contribution in [1.82, 2.24) is 0 Å². The molecule has 0 radical (unpaired) electrons. The Kier molecular flexibility index (Phi) is 3.33. The summed E-state index contributed by atoms with van der Waals surface area (Å²) in [5.74, 6) is -0.330. The zero-order valence-corrected chi connectivity index (χ0v) is 10.3. The first kappa shape index (κ1) is 11.9. The van der Waals surface area contributed by atoms with Gasteiger partial charge in [-0.25, -0.2) is 0 Å². The van der Waals surface area contributed by atoms with Gasteiger partial charge >= 0.3 is 0 Å². The van der Waals surface area contributed by atoms with Gasteiger partial charge in [0.1, 0.15) is 6.04 Å². The molecule has 4 heteroatoms. The van der Waals surface area contributed by atoms with Crippen molar-refractivity contribution in [3.05, 3.63) is 29.3 Å². The normalized spacial score (nSPS) is 20.4. The van der Waals surface area contributed by atoms with Crippen LogP contribution in [0.2, 0.25) is 0 Å². The van der Waals surface area contributed by atoms with Crippen molar-refractivity contribution in [3.8, 4) is 0 Å². The molecule has 0 spiro atoms. The van der Waals surface area contributed by atoms with Gasteiger partial charge in [-0.1, -0.05) is 6.07 Å². The summed E-state index contributed by atoms with van der Waals surface area (Å²) >= 11 is 0. The average Bonchev–Trinajstić information content (AvgIpc) is 2.27. The fourth-order valence-electron chi connectivity index (χ4n) is 2.26. The summed E-state index contributed by atoms with van der Waals surface area (Å²) in [6.07, 6.45) is 0. The molecular formula is C13H18N2O2. The Bertz CT molecular complexity index is 411. The molecule has 1 aliphatic heterocycles. The molecule has 1 fully saturated rings. The highest BCUT2D eigenvalue weighted by molar-refractivity contribution is 5.84. The Morgan fingerprint density at radius 3 is 2.59 bits per heavy atom. The fourth-order valence-corrected chi connectivity index (χ4v) is 2.26. The molecule has 0 aliphatic carbocycles. The molecule has 1 aliphatic rings. The summed E-state index contributed by atoms with van der Waals surface area (Å²) < 4.78 is 5.31. The van der Waals surface area contributed by atoms with E-state index in [1.54, 1.807) is 0 Å². The lowest BCUT2D eigenvalue weighted by Gasteiger charge is -2.35. The maximum Gasteiger partial charge on any atom is 0.242 e. The minimum atomic E-state index is -0.357. The van der Waals surface area contributed by atoms with E-state index in [4.69, 9.17) is 10.5 Å². The van der Waals surface area contributed by atoms with Crippen molar-refractivity contribution < 1.29 is 9.53 Å². The van der Waals surface area contributed by atoms with E-state index in [0.29, 0.717) is 19.8 Å². The van der Waals surface area contributed by atoms with Crippen LogP contribution < -0.4 is 10.6 Å². The number of benzene rings is 1. The molecule has 1 heterocycles. The monoisotopic (exact) mass is 234 g/mol. The lowest BCUT2D eigenvalue weighted by Crippen LogP contribution is -2.52. The van der Waals surface area contributed by atoms with Crippen LogP contribution in [0.4, 0.5) is 5.69 Å². The number of anilines is 1. The highest BCUT2D eigenvalue weighted by atomic mass is 16.5. The largest absolute Gasteiger partial charge is 0.377 e. The van der Waals surface area contributed by atoms with Crippen molar-refractivity contribution in [2.45, 2.75) is 19.9 Å². The van der Waals surface area contributed by atoms with Gasteiger partial charge in [-0.2, -0.15) is 0 Å². The first-order valence-electron chi connectivity index (χ1n) is 5.80. The topological polar surface area (TPSA) is 55.6 Å². The minimum absolute atomic E-state index is 0.330. The third-order valence-corrected chi connectivity index (χ3v) is 2.99. The zero-order chi connectivity index (χ0) is 12.4. The molecule has 92 valence electrons. The molecule has 1 saturated heterocycles. The van der Waals surface area contributed by atoms with Crippen LogP contribution in [0.5, 0.6) is 0 Å². The summed E-state index contributed by atoms with van der Waals surface area (Å²) in [7, 11) is 0. The van der Waals surface area contributed by atoms with Gasteiger partial charge in [0.2, 0.25) is 5.91 Å². The van der Waals surface area contributed by atoms with E-state index in [0.717, 1.165) is 5.69 Å². The Balaban J connectivity index is 2.32. The van der Waals surface area contributed by atoms with E-state index in [9.17, 15) is 4.79 Å². The van der Waals surface area contributed by atoms with Gasteiger partial charge < -0.3 is 15.4 Å². The van der Waals surface area contributed by atoms with E-state index in [1.807, 2.05) is 4.90 Å². The number of amides is 1. The highest BCUT2D eigenvalue weighted by Crippen LogP contribution is 2.22. The molecule has 2 N–H and O–H groups in total. The zero-order valence-electron chi connectivity index (χ0n) is 10.3. The van der Waals surface area contributed by atoms with Crippen LogP contribution in [0.3, 0.4) is 0 Å². The Labute approximate surface area is 101 Å². The van der Waals surface area contributed by atoms with E-state index in [2.05, 4.69) is 32.0 Å². The first-order chi connectivity index (χ1) is 8.08. The first-order valence-corrected chi connectivity index (χ1v) is 5.80. The SMILES string of the molecule is Cc1cc(C)cc(N2CCOCC2C(N)=O)c1. The summed E-state index contributed by atoms with van der Waals surface area (Å²) in [6.45, 7) is 5.82. The number of carbonyl (C=O) groups excluding carboxylic acids is 1. The summed E-state index contributed by atoms with van der Waals surface area (Å²) in [5.41, 5.74) is 8.84. The number of ether oxygens (including phenoxy) is 1. The molecule has 1 amide bonds.